The lowest BCUT2D eigenvalue weighted by molar-refractivity contribution is 0.669. The molecule has 0 saturated carbocycles. The van der Waals surface area contributed by atoms with Gasteiger partial charge in [-0.3, -0.25) is 0 Å². The Morgan fingerprint density at radius 2 is 0.902 bits per heavy atom. The van der Waals surface area contributed by atoms with Crippen molar-refractivity contribution in [1.29, 1.82) is 0 Å². The van der Waals surface area contributed by atoms with Gasteiger partial charge in [-0.25, -0.2) is 0 Å². The third kappa shape index (κ3) is 4.12. The van der Waals surface area contributed by atoms with Crippen LogP contribution in [0.2, 0.25) is 0 Å². The molecule has 0 N–H and O–H groups in total. The predicted molar refractivity (Wildman–Crippen MR) is 213 cm³/mol. The quantitative estimate of drug-likeness (QED) is 0.186. The summed E-state index contributed by atoms with van der Waals surface area (Å²) in [7, 11) is 0. The van der Waals surface area contributed by atoms with Gasteiger partial charge in [0.25, 0.3) is 0 Å². The molecule has 8 aromatic carbocycles. The standard InChI is InChI=1S/C48H30N2O/c1-3-14-33(15-4-1)49-41-22-10-7-18-35(41)39-28-31(26-27-43(39)49)32-29-40(48-38-20-9-12-25-45(38)51-46(48)30-32)36-21-13-24-44-47(36)37-19-8-11-23-42(37)50(44)34-16-5-2-6-17-34/h1-30H. The van der Waals surface area contributed by atoms with Gasteiger partial charge in [-0.05, 0) is 95.1 Å². The fraction of sp³-hybridized carbons (Fsp3) is 0. The van der Waals surface area contributed by atoms with Crippen LogP contribution < -0.4 is 0 Å². The smallest absolute Gasteiger partial charge is 0.136 e. The van der Waals surface area contributed by atoms with E-state index in [4.69, 9.17) is 4.42 Å². The number of para-hydroxylation sites is 5. The number of nitrogens with zero attached hydrogens (tertiary/aromatic N) is 2. The van der Waals surface area contributed by atoms with E-state index in [1.807, 2.05) is 0 Å². The van der Waals surface area contributed by atoms with Crippen LogP contribution in [0.4, 0.5) is 0 Å². The second kappa shape index (κ2) is 10.8. The summed E-state index contributed by atoms with van der Waals surface area (Å²) in [5.74, 6) is 0. The largest absolute Gasteiger partial charge is 0.456 e. The highest BCUT2D eigenvalue weighted by molar-refractivity contribution is 6.22. The van der Waals surface area contributed by atoms with Crippen LogP contribution in [-0.4, -0.2) is 9.13 Å². The first-order chi connectivity index (χ1) is 25.3. The van der Waals surface area contributed by atoms with Crippen molar-refractivity contribution in [3.8, 4) is 33.6 Å². The van der Waals surface area contributed by atoms with Crippen molar-refractivity contribution >= 4 is 65.6 Å². The Morgan fingerprint density at radius 3 is 1.67 bits per heavy atom. The van der Waals surface area contributed by atoms with Crippen LogP contribution >= 0.6 is 0 Å². The van der Waals surface area contributed by atoms with E-state index in [2.05, 4.69) is 191 Å². The molecule has 0 spiro atoms. The summed E-state index contributed by atoms with van der Waals surface area (Å²) in [4.78, 5) is 0. The molecule has 238 valence electrons. The van der Waals surface area contributed by atoms with Crippen molar-refractivity contribution < 1.29 is 4.42 Å². The molecule has 51 heavy (non-hydrogen) atoms. The van der Waals surface area contributed by atoms with Gasteiger partial charge in [0.1, 0.15) is 11.2 Å². The van der Waals surface area contributed by atoms with Crippen LogP contribution in [0.3, 0.4) is 0 Å². The first kappa shape index (κ1) is 28.0. The number of furan rings is 1. The van der Waals surface area contributed by atoms with Crippen LogP contribution in [-0.2, 0) is 0 Å². The summed E-state index contributed by atoms with van der Waals surface area (Å²) in [6, 6.07) is 65.4. The molecule has 3 heteroatoms. The molecule has 0 bridgehead atoms. The fourth-order valence-electron chi connectivity index (χ4n) is 8.34. The minimum Gasteiger partial charge on any atom is -0.456 e. The molecule has 0 fully saturated rings. The minimum absolute atomic E-state index is 0.888. The van der Waals surface area contributed by atoms with E-state index >= 15 is 0 Å². The Hall–Kier alpha value is -6.84. The Balaban J connectivity index is 1.21. The van der Waals surface area contributed by atoms with Gasteiger partial charge < -0.3 is 13.6 Å². The Labute approximate surface area is 293 Å². The van der Waals surface area contributed by atoms with Crippen molar-refractivity contribution in [3.63, 3.8) is 0 Å². The molecule has 0 aliphatic rings. The molecule has 0 amide bonds. The fourth-order valence-corrected chi connectivity index (χ4v) is 8.34. The average molecular weight is 651 g/mol. The number of aromatic nitrogens is 2. The summed E-state index contributed by atoms with van der Waals surface area (Å²) >= 11 is 0. The van der Waals surface area contributed by atoms with Gasteiger partial charge in [-0.1, -0.05) is 109 Å². The maximum atomic E-state index is 6.66. The van der Waals surface area contributed by atoms with E-state index < -0.39 is 0 Å². The summed E-state index contributed by atoms with van der Waals surface area (Å²) in [6.45, 7) is 0. The predicted octanol–water partition coefficient (Wildman–Crippen LogP) is 13.1. The van der Waals surface area contributed by atoms with Crippen LogP contribution in [0.5, 0.6) is 0 Å². The van der Waals surface area contributed by atoms with Crippen LogP contribution in [0.1, 0.15) is 0 Å². The first-order valence-corrected chi connectivity index (χ1v) is 17.4. The van der Waals surface area contributed by atoms with Crippen molar-refractivity contribution in [2.24, 2.45) is 0 Å². The zero-order valence-electron chi connectivity index (χ0n) is 27.6. The maximum absolute atomic E-state index is 6.66. The van der Waals surface area contributed by atoms with Crippen molar-refractivity contribution in [1.82, 2.24) is 9.13 Å². The third-order valence-corrected chi connectivity index (χ3v) is 10.5. The summed E-state index contributed by atoms with van der Waals surface area (Å²) in [5.41, 5.74) is 13.5. The van der Waals surface area contributed by atoms with E-state index in [0.717, 1.165) is 44.4 Å². The molecule has 0 radical (unpaired) electrons. The number of fused-ring (bicyclic) bond motifs is 9. The zero-order chi connectivity index (χ0) is 33.5. The van der Waals surface area contributed by atoms with Gasteiger partial charge in [-0.15, -0.1) is 0 Å². The molecule has 0 aliphatic carbocycles. The van der Waals surface area contributed by atoms with Crippen LogP contribution in [0.15, 0.2) is 186 Å². The third-order valence-electron chi connectivity index (χ3n) is 10.5. The zero-order valence-corrected chi connectivity index (χ0v) is 27.6. The highest BCUT2D eigenvalue weighted by Gasteiger charge is 2.21. The molecule has 0 saturated heterocycles. The molecule has 0 atom stereocenters. The minimum atomic E-state index is 0.888. The van der Waals surface area contributed by atoms with Crippen LogP contribution in [0.25, 0.3) is 99.2 Å². The molecule has 3 nitrogen and oxygen atoms in total. The topological polar surface area (TPSA) is 23.0 Å². The normalized spacial score (nSPS) is 11.9. The van der Waals surface area contributed by atoms with E-state index in [-0.39, 0.29) is 0 Å². The van der Waals surface area contributed by atoms with Gasteiger partial charge in [0, 0.05) is 43.7 Å². The summed E-state index contributed by atoms with van der Waals surface area (Å²) in [6.07, 6.45) is 0. The Bertz CT molecular complexity index is 3130. The number of hydrogen-bond acceptors (Lipinski definition) is 1. The Kier molecular flexibility index (Phi) is 5.96. The number of benzene rings is 8. The number of rotatable bonds is 4. The lowest BCUT2D eigenvalue weighted by Gasteiger charge is -2.12. The lowest BCUT2D eigenvalue weighted by atomic mass is 9.91. The van der Waals surface area contributed by atoms with Crippen molar-refractivity contribution in [2.45, 2.75) is 0 Å². The molecule has 3 aromatic heterocycles. The number of hydrogen-bond donors (Lipinski definition) is 0. The first-order valence-electron chi connectivity index (χ1n) is 17.4. The second-order valence-electron chi connectivity index (χ2n) is 13.3. The molecular formula is C48H30N2O. The van der Waals surface area contributed by atoms with Gasteiger partial charge in [0.2, 0.25) is 0 Å². The summed E-state index contributed by atoms with van der Waals surface area (Å²) < 4.78 is 11.4. The van der Waals surface area contributed by atoms with E-state index in [1.165, 1.54) is 54.7 Å². The SMILES string of the molecule is c1ccc(-n2c3ccccc3c3cc(-c4cc(-c5cccc6c5c5ccccc5n6-c5ccccc5)c5c(c4)oc4ccccc45)ccc32)cc1. The van der Waals surface area contributed by atoms with Gasteiger partial charge in [0.05, 0.1) is 22.1 Å². The van der Waals surface area contributed by atoms with E-state index in [0.29, 0.717) is 0 Å². The molecule has 0 unspecified atom stereocenters. The van der Waals surface area contributed by atoms with Gasteiger partial charge in [0.15, 0.2) is 0 Å². The van der Waals surface area contributed by atoms with Crippen molar-refractivity contribution in [3.05, 3.63) is 182 Å². The average Bonchev–Trinajstić information content (AvgIpc) is 3.86. The van der Waals surface area contributed by atoms with Crippen molar-refractivity contribution in [2.75, 3.05) is 0 Å². The van der Waals surface area contributed by atoms with Crippen LogP contribution in [0, 0.1) is 0 Å². The summed E-state index contributed by atoms with van der Waals surface area (Å²) in [5, 5.41) is 7.20. The maximum Gasteiger partial charge on any atom is 0.136 e. The Morgan fingerprint density at radius 1 is 0.314 bits per heavy atom. The van der Waals surface area contributed by atoms with Gasteiger partial charge >= 0.3 is 0 Å². The molecule has 0 aliphatic heterocycles. The van der Waals surface area contributed by atoms with E-state index in [1.54, 1.807) is 0 Å². The molecule has 11 rings (SSSR count). The second-order valence-corrected chi connectivity index (χ2v) is 13.3. The highest BCUT2D eigenvalue weighted by atomic mass is 16.3. The monoisotopic (exact) mass is 650 g/mol. The van der Waals surface area contributed by atoms with E-state index in [9.17, 15) is 0 Å². The lowest BCUT2D eigenvalue weighted by Crippen LogP contribution is -1.93. The van der Waals surface area contributed by atoms with Gasteiger partial charge in [-0.2, -0.15) is 0 Å². The molecule has 11 aromatic rings. The molecule has 3 heterocycles. The highest BCUT2D eigenvalue weighted by Crippen LogP contribution is 2.45. The molecular weight excluding hydrogens is 621 g/mol.